The van der Waals surface area contributed by atoms with Gasteiger partial charge in [-0.15, -0.1) is 0 Å². The largest absolute Gasteiger partial charge is 0.377 e. The van der Waals surface area contributed by atoms with Crippen molar-refractivity contribution in [2.75, 3.05) is 24.7 Å². The van der Waals surface area contributed by atoms with Crippen molar-refractivity contribution in [3.63, 3.8) is 0 Å². The predicted octanol–water partition coefficient (Wildman–Crippen LogP) is 3.15. The molecule has 0 spiro atoms. The highest BCUT2D eigenvalue weighted by Gasteiger charge is 2.25. The monoisotopic (exact) mass is 356 g/mol. The Labute approximate surface area is 142 Å². The van der Waals surface area contributed by atoms with Gasteiger partial charge in [0.1, 0.15) is 10.6 Å². The number of rotatable bonds is 7. The van der Waals surface area contributed by atoms with Gasteiger partial charge in [-0.25, -0.2) is 8.42 Å². The Bertz CT molecular complexity index is 667. The number of ether oxygens (including phenoxy) is 1. The second-order valence-electron chi connectivity index (χ2n) is 6.09. The van der Waals surface area contributed by atoms with Crippen molar-refractivity contribution in [3.05, 3.63) is 28.3 Å². The van der Waals surface area contributed by atoms with Crippen molar-refractivity contribution in [3.8, 4) is 0 Å². The van der Waals surface area contributed by atoms with Crippen LogP contribution in [0, 0.1) is 10.1 Å². The van der Waals surface area contributed by atoms with Crippen molar-refractivity contribution >= 4 is 21.2 Å². The Balaban J connectivity index is 1.98. The topological polar surface area (TPSA) is 98.5 Å². The van der Waals surface area contributed by atoms with Crippen LogP contribution in [0.3, 0.4) is 0 Å². The van der Waals surface area contributed by atoms with Crippen LogP contribution in [-0.4, -0.2) is 38.9 Å². The fraction of sp³-hybridized carbons (Fsp3) is 0.625. The molecule has 1 aliphatic rings. The van der Waals surface area contributed by atoms with Gasteiger partial charge in [0.05, 0.1) is 17.6 Å². The molecule has 1 fully saturated rings. The Morgan fingerprint density at radius 1 is 1.25 bits per heavy atom. The molecule has 134 valence electrons. The van der Waals surface area contributed by atoms with Gasteiger partial charge in [-0.2, -0.15) is 0 Å². The quantitative estimate of drug-likeness (QED) is 0.349. The molecule has 8 heteroatoms. The molecule has 0 radical (unpaired) electrons. The first-order valence-corrected chi connectivity index (χ1v) is 10.1. The lowest BCUT2D eigenvalue weighted by atomic mass is 10.1. The molecule has 7 nitrogen and oxygen atoms in total. The molecule has 0 amide bonds. The summed E-state index contributed by atoms with van der Waals surface area (Å²) in [5.41, 5.74) is -0.207. The summed E-state index contributed by atoms with van der Waals surface area (Å²) in [6.45, 7) is 0.829. The van der Waals surface area contributed by atoms with Crippen molar-refractivity contribution < 1.29 is 18.1 Å². The van der Waals surface area contributed by atoms with E-state index in [2.05, 4.69) is 5.32 Å². The summed E-state index contributed by atoms with van der Waals surface area (Å²) in [6, 6.07) is 4.26. The number of nitro benzene ring substituents is 1. The molecule has 0 unspecified atom stereocenters. The zero-order chi connectivity index (χ0) is 17.6. The molecule has 1 N–H and O–H groups in total. The number of nitrogens with zero attached hydrogens (tertiary/aromatic N) is 1. The van der Waals surface area contributed by atoms with Gasteiger partial charge in [-0.1, -0.05) is 31.7 Å². The summed E-state index contributed by atoms with van der Waals surface area (Å²) in [4.78, 5) is 10.3. The van der Waals surface area contributed by atoms with Gasteiger partial charge < -0.3 is 10.1 Å². The van der Waals surface area contributed by atoms with Crippen LogP contribution in [0.1, 0.15) is 38.5 Å². The van der Waals surface area contributed by atoms with E-state index in [1.807, 2.05) is 0 Å². The summed E-state index contributed by atoms with van der Waals surface area (Å²) in [5, 5.41) is 14.2. The van der Waals surface area contributed by atoms with Gasteiger partial charge in [-0.05, 0) is 25.0 Å². The van der Waals surface area contributed by atoms with Crippen LogP contribution in [0.4, 0.5) is 11.4 Å². The summed E-state index contributed by atoms with van der Waals surface area (Å²) in [6.07, 6.45) is 8.21. The maximum atomic E-state index is 11.7. The number of hydrogen-bond acceptors (Lipinski definition) is 6. The molecule has 24 heavy (non-hydrogen) atoms. The van der Waals surface area contributed by atoms with Crippen LogP contribution in [-0.2, 0) is 14.6 Å². The van der Waals surface area contributed by atoms with Gasteiger partial charge in [0.25, 0.3) is 0 Å². The third-order valence-electron chi connectivity index (χ3n) is 4.15. The zero-order valence-electron chi connectivity index (χ0n) is 13.9. The molecule has 2 rings (SSSR count). The molecule has 0 bridgehead atoms. The molecule has 1 saturated carbocycles. The normalized spacial score (nSPS) is 16.5. The van der Waals surface area contributed by atoms with E-state index < -0.39 is 20.4 Å². The molecule has 1 aromatic rings. The van der Waals surface area contributed by atoms with Crippen molar-refractivity contribution in [1.82, 2.24) is 0 Å². The second-order valence-corrected chi connectivity index (χ2v) is 8.08. The standard InChI is InChI=1S/C16H24N2O5S/c1-24(21,22)15-10-6-9-14(16(15)18(19)20)17-11-12-23-13-7-4-2-3-5-8-13/h6,9-10,13,17H,2-5,7-8,11-12H2,1H3. The van der Waals surface area contributed by atoms with Crippen LogP contribution >= 0.6 is 0 Å². The Hall–Kier alpha value is -1.67. The minimum absolute atomic E-state index is 0.201. The van der Waals surface area contributed by atoms with E-state index in [0.29, 0.717) is 13.2 Å². The zero-order valence-corrected chi connectivity index (χ0v) is 14.7. The first-order valence-electron chi connectivity index (χ1n) is 8.22. The number of nitrogens with one attached hydrogen (secondary N) is 1. The van der Waals surface area contributed by atoms with E-state index in [9.17, 15) is 18.5 Å². The molecular formula is C16H24N2O5S. The third kappa shape index (κ3) is 5.17. The molecule has 0 aliphatic heterocycles. The highest BCUT2D eigenvalue weighted by atomic mass is 32.2. The van der Waals surface area contributed by atoms with Gasteiger partial charge in [0.2, 0.25) is 0 Å². The predicted molar refractivity (Wildman–Crippen MR) is 92.1 cm³/mol. The minimum atomic E-state index is -3.67. The van der Waals surface area contributed by atoms with Crippen LogP contribution in [0.25, 0.3) is 0 Å². The van der Waals surface area contributed by atoms with E-state index in [1.165, 1.54) is 43.9 Å². The molecule has 0 heterocycles. The van der Waals surface area contributed by atoms with Gasteiger partial charge >= 0.3 is 5.69 Å². The average Bonchev–Trinajstić information content (AvgIpc) is 2.79. The third-order valence-corrected chi connectivity index (χ3v) is 5.28. The molecule has 1 aromatic carbocycles. The van der Waals surface area contributed by atoms with E-state index in [4.69, 9.17) is 4.74 Å². The van der Waals surface area contributed by atoms with Crippen LogP contribution in [0.15, 0.2) is 23.1 Å². The lowest BCUT2D eigenvalue weighted by Crippen LogP contribution is -2.18. The summed E-state index contributed by atoms with van der Waals surface area (Å²) in [7, 11) is -3.67. The number of hydrogen-bond donors (Lipinski definition) is 1. The maximum Gasteiger partial charge on any atom is 0.310 e. The Morgan fingerprint density at radius 2 is 1.92 bits per heavy atom. The highest BCUT2D eigenvalue weighted by molar-refractivity contribution is 7.90. The van der Waals surface area contributed by atoms with Crippen molar-refractivity contribution in [2.24, 2.45) is 0 Å². The first-order chi connectivity index (χ1) is 11.4. The van der Waals surface area contributed by atoms with E-state index in [-0.39, 0.29) is 16.7 Å². The minimum Gasteiger partial charge on any atom is -0.377 e. The Morgan fingerprint density at radius 3 is 2.50 bits per heavy atom. The average molecular weight is 356 g/mol. The maximum absolute atomic E-state index is 11.7. The van der Waals surface area contributed by atoms with Crippen LogP contribution in [0.5, 0.6) is 0 Å². The molecular weight excluding hydrogens is 332 g/mol. The van der Waals surface area contributed by atoms with E-state index in [0.717, 1.165) is 19.1 Å². The highest BCUT2D eigenvalue weighted by Crippen LogP contribution is 2.31. The number of sulfone groups is 1. The van der Waals surface area contributed by atoms with Crippen molar-refractivity contribution in [2.45, 2.75) is 49.5 Å². The smallest absolute Gasteiger partial charge is 0.310 e. The van der Waals surface area contributed by atoms with Crippen LogP contribution in [0.2, 0.25) is 0 Å². The lowest BCUT2D eigenvalue weighted by Gasteiger charge is -2.16. The van der Waals surface area contributed by atoms with E-state index in [1.54, 1.807) is 0 Å². The van der Waals surface area contributed by atoms with Crippen molar-refractivity contribution in [1.29, 1.82) is 0 Å². The summed E-state index contributed by atoms with van der Waals surface area (Å²) in [5.74, 6) is 0. The molecule has 1 aliphatic carbocycles. The fourth-order valence-corrected chi connectivity index (χ4v) is 3.83. The lowest BCUT2D eigenvalue weighted by molar-refractivity contribution is -0.386. The molecule has 0 saturated heterocycles. The SMILES string of the molecule is CS(=O)(=O)c1cccc(NCCOC2CCCCCC2)c1[N+](=O)[O-]. The summed E-state index contributed by atoms with van der Waals surface area (Å²) >= 11 is 0. The number of para-hydroxylation sites is 1. The Kier molecular flexibility index (Phi) is 6.56. The number of nitro groups is 1. The van der Waals surface area contributed by atoms with Gasteiger partial charge in [0, 0.05) is 12.8 Å². The second kappa shape index (κ2) is 8.43. The summed E-state index contributed by atoms with van der Waals surface area (Å²) < 4.78 is 29.3. The van der Waals surface area contributed by atoms with Gasteiger partial charge in [0.15, 0.2) is 9.84 Å². The molecule has 0 atom stereocenters. The van der Waals surface area contributed by atoms with E-state index >= 15 is 0 Å². The number of benzene rings is 1. The fourth-order valence-electron chi connectivity index (χ4n) is 2.97. The number of anilines is 1. The first kappa shape index (κ1) is 18.7. The van der Waals surface area contributed by atoms with Crippen LogP contribution < -0.4 is 5.32 Å². The van der Waals surface area contributed by atoms with Gasteiger partial charge in [-0.3, -0.25) is 10.1 Å². The molecule has 0 aromatic heterocycles.